The molecule has 2 N–H and O–H groups in total. The van der Waals surface area contributed by atoms with E-state index >= 15 is 0 Å². The van der Waals surface area contributed by atoms with E-state index < -0.39 is 0 Å². The fraction of sp³-hybridized carbons (Fsp3) is 0.710. The van der Waals surface area contributed by atoms with Crippen LogP contribution in [0.2, 0.25) is 0 Å². The molecule has 1 aromatic carbocycles. The van der Waals surface area contributed by atoms with Gasteiger partial charge in [-0.25, -0.2) is 0 Å². The second kappa shape index (κ2) is 21.6. The van der Waals surface area contributed by atoms with Gasteiger partial charge in [0.15, 0.2) is 0 Å². The van der Waals surface area contributed by atoms with E-state index in [1.165, 1.54) is 76.2 Å². The maximum absolute atomic E-state index is 12.2. The molecule has 0 saturated heterocycles. The van der Waals surface area contributed by atoms with E-state index in [9.17, 15) is 9.90 Å². The number of nitrogens with zero attached hydrogens (tertiary/aromatic N) is 1. The number of unbranched alkanes of at least 4 members (excludes halogenated alkanes) is 11. The zero-order valence-corrected chi connectivity index (χ0v) is 23.0. The van der Waals surface area contributed by atoms with Crippen molar-refractivity contribution in [1.29, 1.82) is 0 Å². The lowest BCUT2D eigenvalue weighted by molar-refractivity contribution is -0.922. The van der Waals surface area contributed by atoms with Gasteiger partial charge in [0.25, 0.3) is 0 Å². The molecule has 0 heterocycles. The minimum atomic E-state index is 0.182. The number of aliphatic hydroxyl groups excluding tert-OH is 1. The van der Waals surface area contributed by atoms with Gasteiger partial charge in [-0.05, 0) is 32.1 Å². The third-order valence-corrected chi connectivity index (χ3v) is 6.91. The van der Waals surface area contributed by atoms with E-state index in [0.717, 1.165) is 49.9 Å². The summed E-state index contributed by atoms with van der Waals surface area (Å²) in [6.45, 7) is 5.76. The zero-order chi connectivity index (χ0) is 25.5. The molecular weight excluding hydrogens is 432 g/mol. The molecular formula is C31H55N2O2+. The number of nitrogens with one attached hydrogen (secondary N) is 1. The Labute approximate surface area is 216 Å². The SMILES string of the molecule is CCCCCCCCC=CCCCCCCCC(=O)NCCC[N+](C)(CCO)Cc1ccccc1. The zero-order valence-electron chi connectivity index (χ0n) is 23.0. The van der Waals surface area contributed by atoms with Crippen LogP contribution < -0.4 is 5.32 Å². The molecule has 0 aliphatic rings. The van der Waals surface area contributed by atoms with Gasteiger partial charge in [0, 0.05) is 24.9 Å². The molecule has 0 bridgehead atoms. The highest BCUT2D eigenvalue weighted by molar-refractivity contribution is 5.75. The summed E-state index contributed by atoms with van der Waals surface area (Å²) >= 11 is 0. The number of benzene rings is 1. The van der Waals surface area contributed by atoms with E-state index in [-0.39, 0.29) is 12.5 Å². The van der Waals surface area contributed by atoms with E-state index in [0.29, 0.717) is 6.42 Å². The van der Waals surface area contributed by atoms with Crippen molar-refractivity contribution in [2.24, 2.45) is 0 Å². The van der Waals surface area contributed by atoms with Crippen molar-refractivity contribution >= 4 is 5.91 Å². The molecule has 1 amide bonds. The highest BCUT2D eigenvalue weighted by atomic mass is 16.3. The molecule has 0 aromatic heterocycles. The molecule has 0 fully saturated rings. The largest absolute Gasteiger partial charge is 0.391 e. The van der Waals surface area contributed by atoms with Crippen LogP contribution in [0.15, 0.2) is 42.5 Å². The number of carbonyl (C=O) groups excluding carboxylic acids is 1. The smallest absolute Gasteiger partial charge is 0.219 e. The number of hydrogen-bond donors (Lipinski definition) is 2. The summed E-state index contributed by atoms with van der Waals surface area (Å²) in [5, 5.41) is 12.6. The Kier molecular flexibility index (Phi) is 19.4. The maximum Gasteiger partial charge on any atom is 0.219 e. The van der Waals surface area contributed by atoms with Crippen molar-refractivity contribution in [3.8, 4) is 0 Å². The summed E-state index contributed by atoms with van der Waals surface area (Å²) in [5.74, 6) is 0.182. The Bertz CT molecular complexity index is 647. The van der Waals surface area contributed by atoms with Gasteiger partial charge in [-0.15, -0.1) is 0 Å². The van der Waals surface area contributed by atoms with Crippen LogP contribution in [0.5, 0.6) is 0 Å². The van der Waals surface area contributed by atoms with Crippen molar-refractivity contribution in [3.05, 3.63) is 48.0 Å². The van der Waals surface area contributed by atoms with Crippen molar-refractivity contribution in [2.45, 2.75) is 110 Å². The lowest BCUT2D eigenvalue weighted by Crippen LogP contribution is -2.46. The third kappa shape index (κ3) is 18.3. The fourth-order valence-corrected chi connectivity index (χ4v) is 4.67. The van der Waals surface area contributed by atoms with Crippen LogP contribution in [-0.4, -0.2) is 48.8 Å². The number of quaternary nitrogens is 1. The van der Waals surface area contributed by atoms with Gasteiger partial charge >= 0.3 is 0 Å². The van der Waals surface area contributed by atoms with Crippen LogP contribution in [0.4, 0.5) is 0 Å². The normalized spacial score (nSPS) is 13.2. The molecule has 1 atom stereocenters. The summed E-state index contributed by atoms with van der Waals surface area (Å²) in [7, 11) is 2.19. The molecule has 35 heavy (non-hydrogen) atoms. The number of rotatable bonds is 23. The first-order chi connectivity index (χ1) is 17.1. The van der Waals surface area contributed by atoms with Crippen molar-refractivity contribution in [2.75, 3.05) is 33.3 Å². The number of allylic oxidation sites excluding steroid dienone is 2. The van der Waals surface area contributed by atoms with Gasteiger partial charge in [0.1, 0.15) is 13.1 Å². The van der Waals surface area contributed by atoms with Crippen LogP contribution in [0, 0.1) is 0 Å². The average molecular weight is 488 g/mol. The van der Waals surface area contributed by atoms with Crippen molar-refractivity contribution in [1.82, 2.24) is 5.32 Å². The predicted octanol–water partition coefficient (Wildman–Crippen LogP) is 7.17. The van der Waals surface area contributed by atoms with Crippen LogP contribution >= 0.6 is 0 Å². The van der Waals surface area contributed by atoms with Crippen molar-refractivity contribution < 1.29 is 14.4 Å². The third-order valence-electron chi connectivity index (χ3n) is 6.91. The lowest BCUT2D eigenvalue weighted by atomic mass is 10.1. The average Bonchev–Trinajstić information content (AvgIpc) is 2.85. The lowest BCUT2D eigenvalue weighted by Gasteiger charge is -2.34. The fourth-order valence-electron chi connectivity index (χ4n) is 4.67. The van der Waals surface area contributed by atoms with Gasteiger partial charge in [0.05, 0.1) is 20.2 Å². The highest BCUT2D eigenvalue weighted by Crippen LogP contribution is 2.13. The second-order valence-corrected chi connectivity index (χ2v) is 10.5. The maximum atomic E-state index is 12.2. The summed E-state index contributed by atoms with van der Waals surface area (Å²) < 4.78 is 0.796. The topological polar surface area (TPSA) is 49.3 Å². The number of hydrogen-bond acceptors (Lipinski definition) is 2. The molecule has 0 radical (unpaired) electrons. The monoisotopic (exact) mass is 487 g/mol. The van der Waals surface area contributed by atoms with Crippen LogP contribution in [0.1, 0.15) is 109 Å². The summed E-state index contributed by atoms with van der Waals surface area (Å²) in [6, 6.07) is 10.4. The van der Waals surface area contributed by atoms with Gasteiger partial charge in [-0.3, -0.25) is 4.79 Å². The first kappa shape index (κ1) is 31.4. The van der Waals surface area contributed by atoms with E-state index in [1.807, 2.05) is 6.07 Å². The molecule has 200 valence electrons. The number of amides is 1. The van der Waals surface area contributed by atoms with E-state index in [4.69, 9.17) is 0 Å². The number of likely N-dealkylation sites (N-methyl/N-ethyl adjacent to an activating group) is 1. The Morgan fingerprint density at radius 1 is 0.829 bits per heavy atom. The molecule has 0 spiro atoms. The summed E-state index contributed by atoms with van der Waals surface area (Å²) in [5.41, 5.74) is 1.29. The van der Waals surface area contributed by atoms with Gasteiger partial charge in [-0.2, -0.15) is 0 Å². The molecule has 4 nitrogen and oxygen atoms in total. The van der Waals surface area contributed by atoms with E-state index in [1.54, 1.807) is 0 Å². The molecule has 1 unspecified atom stereocenters. The van der Waals surface area contributed by atoms with Gasteiger partial charge in [0.2, 0.25) is 5.91 Å². The highest BCUT2D eigenvalue weighted by Gasteiger charge is 2.21. The minimum Gasteiger partial charge on any atom is -0.391 e. The molecule has 1 rings (SSSR count). The second-order valence-electron chi connectivity index (χ2n) is 10.5. The molecule has 0 saturated carbocycles. The quantitative estimate of drug-likeness (QED) is 0.0976. The Morgan fingerprint density at radius 2 is 1.43 bits per heavy atom. The van der Waals surface area contributed by atoms with Gasteiger partial charge < -0.3 is 14.9 Å². The summed E-state index contributed by atoms with van der Waals surface area (Å²) in [4.78, 5) is 12.2. The Hall–Kier alpha value is -1.65. The molecule has 4 heteroatoms. The van der Waals surface area contributed by atoms with Crippen molar-refractivity contribution in [3.63, 3.8) is 0 Å². The van der Waals surface area contributed by atoms with Crippen LogP contribution in [0.3, 0.4) is 0 Å². The molecule has 0 aliphatic carbocycles. The summed E-state index contributed by atoms with van der Waals surface area (Å²) in [6.07, 6.45) is 22.9. The number of carbonyl (C=O) groups is 1. The van der Waals surface area contributed by atoms with Crippen LogP contribution in [-0.2, 0) is 11.3 Å². The van der Waals surface area contributed by atoms with Crippen LogP contribution in [0.25, 0.3) is 0 Å². The van der Waals surface area contributed by atoms with E-state index in [2.05, 4.69) is 55.7 Å². The standard InChI is InChI=1S/C31H54N2O2/c1-3-4-5-6-7-8-9-10-11-12-13-14-15-16-20-24-31(35)32-25-21-26-33(2,27-28-34)29-30-22-18-17-19-23-30/h10-11,17-19,22-23,34H,3-9,12-16,20-21,24-29H2,1-2H3/p+1. The van der Waals surface area contributed by atoms with Gasteiger partial charge in [-0.1, -0.05) is 101 Å². The first-order valence-corrected chi connectivity index (χ1v) is 14.5. The predicted molar refractivity (Wildman–Crippen MR) is 150 cm³/mol. The molecule has 0 aliphatic heterocycles. The Morgan fingerprint density at radius 3 is 2.06 bits per heavy atom. The molecule has 1 aromatic rings. The Balaban J connectivity index is 1.98. The minimum absolute atomic E-state index is 0.182. The first-order valence-electron chi connectivity index (χ1n) is 14.5. The number of aliphatic hydroxyl groups is 1.